The van der Waals surface area contributed by atoms with Crippen molar-refractivity contribution in [1.82, 2.24) is 15.3 Å². The molecule has 2 aromatic heterocycles. The Bertz CT molecular complexity index is 1270. The number of hydrogen-bond acceptors (Lipinski definition) is 5. The first kappa shape index (κ1) is 20.6. The summed E-state index contributed by atoms with van der Waals surface area (Å²) < 4.78 is 26.9. The number of aromatic amines is 1. The second-order valence-electron chi connectivity index (χ2n) is 10.2. The maximum absolute atomic E-state index is 15.0. The molecule has 0 radical (unpaired) electrons. The van der Waals surface area contributed by atoms with Crippen molar-refractivity contribution in [1.29, 1.82) is 0 Å². The number of benzene rings is 1. The van der Waals surface area contributed by atoms with Crippen molar-refractivity contribution >= 4 is 16.6 Å². The fourth-order valence-electron chi connectivity index (χ4n) is 6.27. The lowest BCUT2D eigenvalue weighted by atomic mass is 9.95. The van der Waals surface area contributed by atoms with Gasteiger partial charge in [-0.3, -0.25) is 0 Å². The molecule has 7 rings (SSSR count). The van der Waals surface area contributed by atoms with Gasteiger partial charge in [0.2, 0.25) is 0 Å². The van der Waals surface area contributed by atoms with Crippen LogP contribution in [0.2, 0.25) is 0 Å². The lowest BCUT2D eigenvalue weighted by Crippen LogP contribution is -2.31. The number of hydrogen-bond donors (Lipinski definition) is 3. The summed E-state index contributed by atoms with van der Waals surface area (Å²) in [5.74, 6) is 0.323. The Morgan fingerprint density at radius 3 is 2.76 bits per heavy atom. The van der Waals surface area contributed by atoms with Gasteiger partial charge in [0.05, 0.1) is 29.8 Å². The number of halogens is 1. The van der Waals surface area contributed by atoms with Gasteiger partial charge >= 0.3 is 0 Å². The highest BCUT2D eigenvalue weighted by molar-refractivity contribution is 5.81. The van der Waals surface area contributed by atoms with Gasteiger partial charge < -0.3 is 24.9 Å². The number of ether oxygens (including phenoxy) is 2. The van der Waals surface area contributed by atoms with E-state index in [9.17, 15) is 5.11 Å². The Kier molecular flexibility index (Phi) is 4.79. The molecule has 1 aliphatic carbocycles. The summed E-state index contributed by atoms with van der Waals surface area (Å²) in [6.45, 7) is 0.367. The van der Waals surface area contributed by atoms with Crippen LogP contribution >= 0.6 is 0 Å². The number of nitrogens with one attached hydrogen (secondary N) is 2. The lowest BCUT2D eigenvalue weighted by Gasteiger charge is -2.21. The molecule has 6 nitrogen and oxygen atoms in total. The number of pyridine rings is 1. The summed E-state index contributed by atoms with van der Waals surface area (Å²) in [6, 6.07) is 12.5. The van der Waals surface area contributed by atoms with E-state index in [4.69, 9.17) is 9.47 Å². The van der Waals surface area contributed by atoms with Gasteiger partial charge in [-0.2, -0.15) is 0 Å². The Morgan fingerprint density at radius 1 is 1.06 bits per heavy atom. The molecular weight excluding hydrogens is 433 g/mol. The van der Waals surface area contributed by atoms with Gasteiger partial charge in [-0.05, 0) is 43.2 Å². The molecule has 2 bridgehead atoms. The molecule has 6 atom stereocenters. The molecule has 0 spiro atoms. The molecule has 3 N–H and O–H groups in total. The minimum Gasteiger partial charge on any atom is -0.473 e. The third kappa shape index (κ3) is 3.45. The Labute approximate surface area is 197 Å². The van der Waals surface area contributed by atoms with Crippen LogP contribution in [0, 0.1) is 11.7 Å². The van der Waals surface area contributed by atoms with Gasteiger partial charge in [-0.1, -0.05) is 30.3 Å². The fraction of sp³-hybridized carbons (Fsp3) is 0.444. The number of aliphatic hydroxyl groups is 1. The van der Waals surface area contributed by atoms with E-state index in [0.717, 1.165) is 24.8 Å². The zero-order valence-corrected chi connectivity index (χ0v) is 18.8. The zero-order chi connectivity index (χ0) is 22.8. The van der Waals surface area contributed by atoms with Crippen LogP contribution in [-0.4, -0.2) is 52.1 Å². The van der Waals surface area contributed by atoms with Crippen LogP contribution in [0.3, 0.4) is 0 Å². The molecule has 3 aliphatic heterocycles. The molecule has 4 aliphatic rings. The van der Waals surface area contributed by atoms with Gasteiger partial charge in [-0.15, -0.1) is 0 Å². The minimum absolute atomic E-state index is 0.0922. The molecule has 3 fully saturated rings. The van der Waals surface area contributed by atoms with Crippen LogP contribution in [0.1, 0.15) is 37.7 Å². The van der Waals surface area contributed by atoms with Crippen LogP contribution < -0.4 is 10.1 Å². The summed E-state index contributed by atoms with van der Waals surface area (Å²) in [5.41, 5.74) is 4.95. The summed E-state index contributed by atoms with van der Waals surface area (Å²) in [6.07, 6.45) is 6.93. The van der Waals surface area contributed by atoms with E-state index >= 15 is 4.39 Å². The third-order valence-electron chi connectivity index (χ3n) is 8.01. The first-order valence-electron chi connectivity index (χ1n) is 12.3. The number of nitrogens with zero attached hydrogens (tertiary/aromatic N) is 1. The van der Waals surface area contributed by atoms with Crippen LogP contribution in [0.5, 0.6) is 5.88 Å². The van der Waals surface area contributed by atoms with Crippen molar-refractivity contribution in [2.75, 3.05) is 6.61 Å². The van der Waals surface area contributed by atoms with E-state index in [2.05, 4.69) is 33.5 Å². The minimum atomic E-state index is -0.410. The summed E-state index contributed by atoms with van der Waals surface area (Å²) in [4.78, 5) is 7.76. The van der Waals surface area contributed by atoms with E-state index in [1.54, 1.807) is 0 Å². The number of aliphatic hydroxyl groups excluding tert-OH is 1. The van der Waals surface area contributed by atoms with Crippen molar-refractivity contribution in [2.24, 2.45) is 5.92 Å². The van der Waals surface area contributed by atoms with Crippen LogP contribution in [0.25, 0.3) is 27.9 Å². The predicted octanol–water partition coefficient (Wildman–Crippen LogP) is 4.19. The average molecular weight is 462 g/mol. The quantitative estimate of drug-likeness (QED) is 0.543. The second kappa shape index (κ2) is 7.90. The second-order valence-corrected chi connectivity index (χ2v) is 10.2. The highest BCUT2D eigenvalue weighted by Crippen LogP contribution is 2.39. The van der Waals surface area contributed by atoms with Gasteiger partial charge in [0.15, 0.2) is 11.7 Å². The van der Waals surface area contributed by atoms with Crippen molar-refractivity contribution < 1.29 is 19.0 Å². The van der Waals surface area contributed by atoms with Crippen molar-refractivity contribution in [3.63, 3.8) is 0 Å². The summed E-state index contributed by atoms with van der Waals surface area (Å²) in [7, 11) is 0. The van der Waals surface area contributed by atoms with E-state index < -0.39 is 6.10 Å². The van der Waals surface area contributed by atoms with Crippen LogP contribution in [-0.2, 0) is 4.74 Å². The smallest absolute Gasteiger partial charge is 0.193 e. The molecule has 3 aromatic rings. The molecule has 5 heterocycles. The number of H-pyrrole nitrogens is 1. The Morgan fingerprint density at radius 2 is 1.91 bits per heavy atom. The molecule has 3 unspecified atom stereocenters. The molecular formula is C27H28FN3O3. The predicted molar refractivity (Wildman–Crippen MR) is 127 cm³/mol. The summed E-state index contributed by atoms with van der Waals surface area (Å²) in [5, 5.41) is 13.7. The van der Waals surface area contributed by atoms with E-state index in [-0.39, 0.29) is 23.9 Å². The van der Waals surface area contributed by atoms with Crippen molar-refractivity contribution in [2.45, 2.75) is 62.5 Å². The normalized spacial score (nSPS) is 32.2. The average Bonchev–Trinajstić information content (AvgIpc) is 3.60. The third-order valence-corrected chi connectivity index (χ3v) is 8.01. The van der Waals surface area contributed by atoms with E-state index in [0.29, 0.717) is 41.3 Å². The maximum Gasteiger partial charge on any atom is 0.193 e. The van der Waals surface area contributed by atoms with Crippen LogP contribution in [0.15, 0.2) is 42.5 Å². The molecule has 0 amide bonds. The fourth-order valence-corrected chi connectivity index (χ4v) is 6.27. The van der Waals surface area contributed by atoms with Gasteiger partial charge in [0.1, 0.15) is 11.8 Å². The van der Waals surface area contributed by atoms with Gasteiger partial charge in [-0.25, -0.2) is 9.37 Å². The summed E-state index contributed by atoms with van der Waals surface area (Å²) >= 11 is 0. The Hall–Kier alpha value is -2.74. The maximum atomic E-state index is 15.0. The molecule has 1 saturated carbocycles. The SMILES string of the molecule is O[C@@H]1CO[C@H]2C1CC[C@H]2Oc1cc2nc(-c3ccc(C4=CC5CCC(C4)N5)cc3)c(F)cc2[nH]1. The van der Waals surface area contributed by atoms with Gasteiger partial charge in [0.25, 0.3) is 0 Å². The molecule has 7 heteroatoms. The largest absolute Gasteiger partial charge is 0.473 e. The molecule has 1 aromatic carbocycles. The number of aromatic nitrogens is 2. The van der Waals surface area contributed by atoms with Crippen LogP contribution in [0.4, 0.5) is 4.39 Å². The number of fused-ring (bicyclic) bond motifs is 4. The van der Waals surface area contributed by atoms with Crippen molar-refractivity contribution in [3.05, 3.63) is 53.9 Å². The molecule has 34 heavy (non-hydrogen) atoms. The highest BCUT2D eigenvalue weighted by Gasteiger charge is 2.47. The lowest BCUT2D eigenvalue weighted by molar-refractivity contribution is 0.0154. The van der Waals surface area contributed by atoms with E-state index in [1.807, 2.05) is 18.2 Å². The molecule has 176 valence electrons. The van der Waals surface area contributed by atoms with E-state index in [1.165, 1.54) is 30.0 Å². The van der Waals surface area contributed by atoms with Gasteiger partial charge in [0, 0.05) is 35.7 Å². The molecule has 2 saturated heterocycles. The topological polar surface area (TPSA) is 79.4 Å². The first-order valence-corrected chi connectivity index (χ1v) is 12.3. The first-order chi connectivity index (χ1) is 16.6. The zero-order valence-electron chi connectivity index (χ0n) is 18.8. The van der Waals surface area contributed by atoms with Crippen molar-refractivity contribution in [3.8, 4) is 17.1 Å². The highest BCUT2D eigenvalue weighted by atomic mass is 19.1. The standard InChI is InChI=1S/C27H28FN3O3/c28-20-11-21-22(12-25(30-21)34-24-8-7-19-23(32)13-33-27(19)24)31-26(20)15-3-1-14(2-4-15)16-9-17-5-6-18(10-16)29-17/h1-4,9,11-12,17-19,23-24,27,29-30,32H,5-8,10,13H2/t17?,18?,19?,23-,24-,27+/m1/s1. The monoisotopic (exact) mass is 461 g/mol. The Balaban J connectivity index is 1.13. The number of rotatable bonds is 4.